The van der Waals surface area contributed by atoms with Crippen LogP contribution in [0.2, 0.25) is 0 Å². The number of likely N-dealkylation sites (tertiary alicyclic amines) is 1. The number of quaternary nitrogens is 2. The molecule has 0 bridgehead atoms. The van der Waals surface area contributed by atoms with Crippen molar-refractivity contribution < 1.29 is 9.80 Å². The van der Waals surface area contributed by atoms with Crippen LogP contribution in [0.25, 0.3) is 10.9 Å². The molecule has 1 aliphatic rings. The van der Waals surface area contributed by atoms with Crippen molar-refractivity contribution in [3.05, 3.63) is 45.2 Å². The minimum absolute atomic E-state index is 0.217. The van der Waals surface area contributed by atoms with Crippen molar-refractivity contribution in [3.8, 4) is 0 Å². The van der Waals surface area contributed by atoms with Crippen LogP contribution in [0.4, 0.5) is 0 Å². The molecule has 1 aromatic heterocycles. The van der Waals surface area contributed by atoms with Crippen LogP contribution in [0.5, 0.6) is 0 Å². The zero-order valence-corrected chi connectivity index (χ0v) is 15.5. The highest BCUT2D eigenvalue weighted by Crippen LogP contribution is 2.16. The van der Waals surface area contributed by atoms with Crippen LogP contribution in [0.15, 0.2) is 23.0 Å². The lowest BCUT2D eigenvalue weighted by molar-refractivity contribution is -0.948. The summed E-state index contributed by atoms with van der Waals surface area (Å²) in [5.74, 6) is 0. The monoisotopic (exact) mass is 329 g/mol. The summed E-state index contributed by atoms with van der Waals surface area (Å²) < 4.78 is 0. The minimum atomic E-state index is 0.217. The van der Waals surface area contributed by atoms with Gasteiger partial charge in [0.1, 0.15) is 6.54 Å². The van der Waals surface area contributed by atoms with E-state index in [-0.39, 0.29) is 5.43 Å². The highest BCUT2D eigenvalue weighted by Gasteiger charge is 2.27. The summed E-state index contributed by atoms with van der Waals surface area (Å²) in [4.78, 5) is 19.7. The van der Waals surface area contributed by atoms with E-state index in [1.807, 2.05) is 12.1 Å². The molecule has 2 heterocycles. The molecule has 4 nitrogen and oxygen atoms in total. The molecule has 1 saturated heterocycles. The van der Waals surface area contributed by atoms with Crippen LogP contribution in [0, 0.1) is 6.92 Å². The van der Waals surface area contributed by atoms with Gasteiger partial charge in [0.2, 0.25) is 0 Å². The van der Waals surface area contributed by atoms with Crippen molar-refractivity contribution in [2.24, 2.45) is 0 Å². The van der Waals surface area contributed by atoms with Gasteiger partial charge in [0, 0.05) is 23.9 Å². The van der Waals surface area contributed by atoms with Gasteiger partial charge in [-0.25, -0.2) is 0 Å². The van der Waals surface area contributed by atoms with Gasteiger partial charge >= 0.3 is 0 Å². The molecule has 130 valence electrons. The minimum Gasteiger partial charge on any atom is -0.358 e. The lowest BCUT2D eigenvalue weighted by Crippen LogP contribution is -3.17. The molecule has 0 saturated carbocycles. The molecular formula is C20H31N3O+2. The number of pyridine rings is 1. The first-order chi connectivity index (χ1) is 11.5. The van der Waals surface area contributed by atoms with E-state index in [0.29, 0.717) is 6.04 Å². The third-order valence-corrected chi connectivity index (χ3v) is 5.81. The normalized spacial score (nSPS) is 22.7. The Labute approximate surface area is 144 Å². The Morgan fingerprint density at radius 2 is 2.00 bits per heavy atom. The van der Waals surface area contributed by atoms with Gasteiger partial charge in [0.05, 0.1) is 44.3 Å². The summed E-state index contributed by atoms with van der Waals surface area (Å²) in [6.45, 7) is 7.49. The third kappa shape index (κ3) is 3.26. The quantitative estimate of drug-likeness (QED) is 0.731. The van der Waals surface area contributed by atoms with E-state index < -0.39 is 0 Å². The van der Waals surface area contributed by atoms with E-state index in [1.54, 1.807) is 4.90 Å². The molecule has 3 rings (SSSR count). The van der Waals surface area contributed by atoms with E-state index in [1.165, 1.54) is 36.4 Å². The van der Waals surface area contributed by atoms with Crippen LogP contribution in [-0.4, -0.2) is 38.2 Å². The molecule has 24 heavy (non-hydrogen) atoms. The number of hydrogen-bond acceptors (Lipinski definition) is 1. The number of aryl methyl sites for hydroxylation is 2. The second kappa shape index (κ2) is 7.08. The molecule has 1 aromatic carbocycles. The molecule has 1 unspecified atom stereocenters. The lowest BCUT2D eigenvalue weighted by Gasteiger charge is -2.30. The van der Waals surface area contributed by atoms with E-state index in [9.17, 15) is 4.79 Å². The molecule has 0 aliphatic carbocycles. The maximum Gasteiger partial charge on any atom is 0.198 e. The first-order valence-corrected chi connectivity index (χ1v) is 9.28. The predicted octanol–water partition coefficient (Wildman–Crippen LogP) is 0.0907. The maximum absolute atomic E-state index is 13.1. The average Bonchev–Trinajstić information content (AvgIpc) is 2.58. The second-order valence-electron chi connectivity index (χ2n) is 7.51. The van der Waals surface area contributed by atoms with Crippen LogP contribution in [-0.2, 0) is 13.0 Å². The number of fused-ring (bicyclic) bond motifs is 1. The summed E-state index contributed by atoms with van der Waals surface area (Å²) in [5.41, 5.74) is 4.45. The van der Waals surface area contributed by atoms with Crippen molar-refractivity contribution in [3.63, 3.8) is 0 Å². The number of rotatable bonds is 4. The summed E-state index contributed by atoms with van der Waals surface area (Å²) >= 11 is 0. The standard InChI is InChI=1S/C20H29N3O/c1-5-15-7-6-8-17-19(15)21-14(2)18(20(17)24)13-23(4)16-9-11-22(3)12-10-16/h6-8,16H,5,9-13H2,1-4H3,(H,21,24)/p+2. The lowest BCUT2D eigenvalue weighted by atomic mass is 10.0. The molecule has 0 radical (unpaired) electrons. The number of piperidine rings is 1. The van der Waals surface area contributed by atoms with Gasteiger partial charge < -0.3 is 14.8 Å². The van der Waals surface area contributed by atoms with Crippen LogP contribution < -0.4 is 15.2 Å². The molecule has 1 atom stereocenters. The van der Waals surface area contributed by atoms with Crippen molar-refractivity contribution >= 4 is 10.9 Å². The van der Waals surface area contributed by atoms with Gasteiger partial charge in [-0.2, -0.15) is 0 Å². The predicted molar refractivity (Wildman–Crippen MR) is 98.9 cm³/mol. The zero-order chi connectivity index (χ0) is 17.3. The Morgan fingerprint density at radius 1 is 1.29 bits per heavy atom. The summed E-state index contributed by atoms with van der Waals surface area (Å²) in [6, 6.07) is 6.75. The SMILES string of the molecule is CCc1cccc2c(=O)c(C[NH+](C)C3CC[NH+](C)CC3)c(C)[nH]c12. The van der Waals surface area contributed by atoms with Crippen molar-refractivity contribution in [2.45, 2.75) is 45.7 Å². The first kappa shape index (κ1) is 17.2. The van der Waals surface area contributed by atoms with Crippen molar-refractivity contribution in [1.82, 2.24) is 4.98 Å². The highest BCUT2D eigenvalue weighted by molar-refractivity contribution is 5.82. The fourth-order valence-electron chi connectivity index (χ4n) is 4.07. The van der Waals surface area contributed by atoms with Gasteiger partial charge in [-0.1, -0.05) is 19.1 Å². The Balaban J connectivity index is 1.91. The van der Waals surface area contributed by atoms with Crippen LogP contribution in [0.1, 0.15) is 36.6 Å². The molecule has 1 fully saturated rings. The van der Waals surface area contributed by atoms with Gasteiger partial charge in [-0.15, -0.1) is 0 Å². The Kier molecular flexibility index (Phi) is 5.07. The third-order valence-electron chi connectivity index (χ3n) is 5.81. The summed E-state index contributed by atoms with van der Waals surface area (Å²) in [5, 5.41) is 0.843. The number of H-pyrrole nitrogens is 1. The van der Waals surface area contributed by atoms with E-state index in [4.69, 9.17) is 0 Å². The van der Waals surface area contributed by atoms with Gasteiger partial charge in [0.25, 0.3) is 0 Å². The van der Waals surface area contributed by atoms with E-state index >= 15 is 0 Å². The summed E-state index contributed by atoms with van der Waals surface area (Å²) in [7, 11) is 4.52. The number of aromatic nitrogens is 1. The average molecular weight is 329 g/mol. The van der Waals surface area contributed by atoms with Crippen LogP contribution in [0.3, 0.4) is 0 Å². The molecule has 4 heteroatoms. The number of benzene rings is 1. The van der Waals surface area contributed by atoms with Crippen molar-refractivity contribution in [2.75, 3.05) is 27.2 Å². The smallest absolute Gasteiger partial charge is 0.198 e. The van der Waals surface area contributed by atoms with Gasteiger partial charge in [0.15, 0.2) is 5.43 Å². The molecule has 1 aliphatic heterocycles. The number of nitrogens with one attached hydrogen (secondary N) is 3. The highest BCUT2D eigenvalue weighted by atomic mass is 16.1. The number of aromatic amines is 1. The first-order valence-electron chi connectivity index (χ1n) is 9.28. The molecule has 2 aromatic rings. The van der Waals surface area contributed by atoms with Crippen LogP contribution >= 0.6 is 0 Å². The molecule has 0 amide bonds. The molecule has 3 N–H and O–H groups in total. The number of hydrogen-bond donors (Lipinski definition) is 3. The molecular weight excluding hydrogens is 298 g/mol. The Hall–Kier alpha value is -1.65. The largest absolute Gasteiger partial charge is 0.358 e. The molecule has 0 spiro atoms. The van der Waals surface area contributed by atoms with Crippen molar-refractivity contribution in [1.29, 1.82) is 0 Å². The van der Waals surface area contributed by atoms with E-state index in [2.05, 4.69) is 39.0 Å². The summed E-state index contributed by atoms with van der Waals surface area (Å²) in [6.07, 6.45) is 3.44. The zero-order valence-electron chi connectivity index (χ0n) is 15.5. The second-order valence-corrected chi connectivity index (χ2v) is 7.51. The fraction of sp³-hybridized carbons (Fsp3) is 0.550. The maximum atomic E-state index is 13.1. The van der Waals surface area contributed by atoms with E-state index in [0.717, 1.165) is 35.1 Å². The Bertz CT molecular complexity index is 772. The van der Waals surface area contributed by atoms with Gasteiger partial charge in [-0.3, -0.25) is 4.79 Å². The fourth-order valence-corrected chi connectivity index (χ4v) is 4.07. The Morgan fingerprint density at radius 3 is 2.67 bits per heavy atom. The topological polar surface area (TPSA) is 41.7 Å². The van der Waals surface area contributed by atoms with Gasteiger partial charge in [-0.05, 0) is 25.0 Å². The number of para-hydroxylation sites is 1.